The third-order valence-electron chi connectivity index (χ3n) is 2.20. The van der Waals surface area contributed by atoms with Gasteiger partial charge in [-0.15, -0.1) is 0 Å². The van der Waals surface area contributed by atoms with Crippen molar-refractivity contribution in [2.24, 2.45) is 11.1 Å². The lowest BCUT2D eigenvalue weighted by atomic mass is 10.1. The second-order valence-corrected chi connectivity index (χ2v) is 6.41. The third kappa shape index (κ3) is 3.04. The molecule has 0 aliphatic heterocycles. The molecule has 1 saturated carbocycles. The Morgan fingerprint density at radius 3 is 2.18 bits per heavy atom. The van der Waals surface area contributed by atoms with E-state index in [9.17, 15) is 0 Å². The van der Waals surface area contributed by atoms with Gasteiger partial charge >= 0.3 is 0 Å². The Morgan fingerprint density at radius 2 is 1.91 bits per heavy atom. The van der Waals surface area contributed by atoms with Gasteiger partial charge in [0.15, 0.2) is 0 Å². The molecule has 66 valence electrons. The SMILES string of the molecule is CC(C)(C)SCC1(CN)CC1. The Hall–Kier alpha value is 0.310. The van der Waals surface area contributed by atoms with Gasteiger partial charge in [-0.05, 0) is 24.8 Å². The summed E-state index contributed by atoms with van der Waals surface area (Å²) >= 11 is 2.05. The van der Waals surface area contributed by atoms with Crippen molar-refractivity contribution in [1.82, 2.24) is 0 Å². The van der Waals surface area contributed by atoms with E-state index in [-0.39, 0.29) is 0 Å². The summed E-state index contributed by atoms with van der Waals surface area (Å²) < 4.78 is 0.408. The molecule has 0 aromatic carbocycles. The van der Waals surface area contributed by atoms with E-state index in [0.717, 1.165) is 6.54 Å². The molecule has 0 unspecified atom stereocenters. The maximum atomic E-state index is 5.68. The van der Waals surface area contributed by atoms with Crippen molar-refractivity contribution in [3.05, 3.63) is 0 Å². The van der Waals surface area contributed by atoms with Crippen LogP contribution in [-0.4, -0.2) is 17.0 Å². The van der Waals surface area contributed by atoms with Crippen molar-refractivity contribution in [1.29, 1.82) is 0 Å². The number of thioether (sulfide) groups is 1. The van der Waals surface area contributed by atoms with Crippen molar-refractivity contribution in [2.75, 3.05) is 12.3 Å². The zero-order chi connectivity index (χ0) is 8.54. The monoisotopic (exact) mass is 173 g/mol. The lowest BCUT2D eigenvalue weighted by Crippen LogP contribution is -2.21. The summed E-state index contributed by atoms with van der Waals surface area (Å²) in [6, 6.07) is 0. The molecule has 0 amide bonds. The van der Waals surface area contributed by atoms with Crippen molar-refractivity contribution >= 4 is 11.8 Å². The van der Waals surface area contributed by atoms with E-state index < -0.39 is 0 Å². The Morgan fingerprint density at radius 1 is 1.36 bits per heavy atom. The summed E-state index contributed by atoms with van der Waals surface area (Å²) in [5, 5.41) is 0. The van der Waals surface area contributed by atoms with Crippen molar-refractivity contribution < 1.29 is 0 Å². The minimum Gasteiger partial charge on any atom is -0.330 e. The standard InChI is InChI=1S/C9H19NS/c1-8(2,3)11-7-9(6-10)4-5-9/h4-7,10H2,1-3H3. The smallest absolute Gasteiger partial charge is 0.00753 e. The highest BCUT2D eigenvalue weighted by atomic mass is 32.2. The Bertz CT molecular complexity index is 133. The van der Waals surface area contributed by atoms with Crippen LogP contribution in [0.5, 0.6) is 0 Å². The van der Waals surface area contributed by atoms with E-state index in [0.29, 0.717) is 10.2 Å². The molecule has 2 N–H and O–H groups in total. The summed E-state index contributed by atoms with van der Waals surface area (Å²) in [5.74, 6) is 1.26. The van der Waals surface area contributed by atoms with Crippen LogP contribution >= 0.6 is 11.8 Å². The van der Waals surface area contributed by atoms with Gasteiger partial charge in [0.05, 0.1) is 0 Å². The molecule has 11 heavy (non-hydrogen) atoms. The molecule has 1 fully saturated rings. The fraction of sp³-hybridized carbons (Fsp3) is 1.00. The van der Waals surface area contributed by atoms with E-state index in [1.807, 2.05) is 11.8 Å². The predicted octanol–water partition coefficient (Wildman–Crippen LogP) is 2.26. The molecule has 0 bridgehead atoms. The van der Waals surface area contributed by atoms with Crippen LogP contribution in [0.4, 0.5) is 0 Å². The summed E-state index contributed by atoms with van der Waals surface area (Å²) in [4.78, 5) is 0. The molecule has 1 nitrogen and oxygen atoms in total. The first-order chi connectivity index (χ1) is 4.97. The van der Waals surface area contributed by atoms with Gasteiger partial charge in [0.2, 0.25) is 0 Å². The molecule has 0 atom stereocenters. The minimum atomic E-state index is 0.408. The molecule has 1 aliphatic rings. The van der Waals surface area contributed by atoms with Gasteiger partial charge in [-0.1, -0.05) is 20.8 Å². The first-order valence-corrected chi connectivity index (χ1v) is 5.30. The topological polar surface area (TPSA) is 26.0 Å². The van der Waals surface area contributed by atoms with Gasteiger partial charge in [0, 0.05) is 10.5 Å². The molecular weight excluding hydrogens is 154 g/mol. The highest BCUT2D eigenvalue weighted by Crippen LogP contribution is 2.48. The molecule has 0 heterocycles. The van der Waals surface area contributed by atoms with E-state index in [4.69, 9.17) is 5.73 Å². The molecule has 1 rings (SSSR count). The largest absolute Gasteiger partial charge is 0.330 e. The minimum absolute atomic E-state index is 0.408. The predicted molar refractivity (Wildman–Crippen MR) is 52.9 cm³/mol. The van der Waals surface area contributed by atoms with Crippen molar-refractivity contribution in [3.8, 4) is 0 Å². The van der Waals surface area contributed by atoms with Gasteiger partial charge in [-0.3, -0.25) is 0 Å². The summed E-state index contributed by atoms with van der Waals surface area (Å²) in [5.41, 5.74) is 6.22. The van der Waals surface area contributed by atoms with Crippen molar-refractivity contribution in [2.45, 2.75) is 38.4 Å². The Labute approximate surface area is 74.1 Å². The average molecular weight is 173 g/mol. The van der Waals surface area contributed by atoms with Crippen LogP contribution < -0.4 is 5.73 Å². The molecule has 0 spiro atoms. The van der Waals surface area contributed by atoms with Crippen LogP contribution in [0.2, 0.25) is 0 Å². The van der Waals surface area contributed by atoms with Gasteiger partial charge in [0.1, 0.15) is 0 Å². The number of hydrogen-bond acceptors (Lipinski definition) is 2. The van der Waals surface area contributed by atoms with E-state index in [1.54, 1.807) is 0 Å². The maximum absolute atomic E-state index is 5.68. The van der Waals surface area contributed by atoms with Crippen LogP contribution in [0.15, 0.2) is 0 Å². The summed E-state index contributed by atoms with van der Waals surface area (Å²) in [6.07, 6.45) is 2.71. The first-order valence-electron chi connectivity index (χ1n) is 4.32. The van der Waals surface area contributed by atoms with Gasteiger partial charge in [-0.2, -0.15) is 11.8 Å². The number of nitrogens with two attached hydrogens (primary N) is 1. The molecule has 1 aliphatic carbocycles. The highest BCUT2D eigenvalue weighted by molar-refractivity contribution is 8.00. The van der Waals surface area contributed by atoms with Crippen LogP contribution in [0.25, 0.3) is 0 Å². The summed E-state index contributed by atoms with van der Waals surface area (Å²) in [6.45, 7) is 7.69. The average Bonchev–Trinajstić information content (AvgIpc) is 2.63. The second-order valence-electron chi connectivity index (χ2n) is 4.61. The second kappa shape index (κ2) is 2.98. The van der Waals surface area contributed by atoms with Gasteiger partial charge < -0.3 is 5.73 Å². The van der Waals surface area contributed by atoms with Crippen LogP contribution in [0.3, 0.4) is 0 Å². The lowest BCUT2D eigenvalue weighted by molar-refractivity contribution is 0.596. The molecular formula is C9H19NS. The fourth-order valence-electron chi connectivity index (χ4n) is 0.954. The van der Waals surface area contributed by atoms with E-state index in [2.05, 4.69) is 20.8 Å². The van der Waals surface area contributed by atoms with Crippen LogP contribution in [-0.2, 0) is 0 Å². The first kappa shape index (κ1) is 9.40. The molecule has 2 heteroatoms. The van der Waals surface area contributed by atoms with Gasteiger partial charge in [-0.25, -0.2) is 0 Å². The molecule has 0 aromatic heterocycles. The zero-order valence-electron chi connectivity index (χ0n) is 7.81. The maximum Gasteiger partial charge on any atom is 0.00753 e. The zero-order valence-corrected chi connectivity index (χ0v) is 8.63. The van der Waals surface area contributed by atoms with Gasteiger partial charge in [0.25, 0.3) is 0 Å². The molecule has 0 aromatic rings. The highest BCUT2D eigenvalue weighted by Gasteiger charge is 2.41. The number of hydrogen-bond donors (Lipinski definition) is 1. The lowest BCUT2D eigenvalue weighted by Gasteiger charge is -2.21. The van der Waals surface area contributed by atoms with Crippen LogP contribution in [0.1, 0.15) is 33.6 Å². The van der Waals surface area contributed by atoms with Crippen molar-refractivity contribution in [3.63, 3.8) is 0 Å². The van der Waals surface area contributed by atoms with E-state index in [1.165, 1.54) is 18.6 Å². The van der Waals surface area contributed by atoms with Crippen LogP contribution in [0, 0.1) is 5.41 Å². The Kier molecular flexibility index (Phi) is 2.55. The molecule has 0 saturated heterocycles. The quantitative estimate of drug-likeness (QED) is 0.708. The molecule has 0 radical (unpaired) electrons. The number of rotatable bonds is 3. The summed E-state index contributed by atoms with van der Waals surface area (Å²) in [7, 11) is 0. The normalized spacial score (nSPS) is 21.8. The van der Waals surface area contributed by atoms with E-state index >= 15 is 0 Å². The third-order valence-corrected chi connectivity index (χ3v) is 3.82. The Balaban J connectivity index is 2.22. The fourth-order valence-corrected chi connectivity index (χ4v) is 2.10.